The van der Waals surface area contributed by atoms with Crippen molar-refractivity contribution in [3.63, 3.8) is 0 Å². The van der Waals surface area contributed by atoms with E-state index in [0.717, 1.165) is 23.4 Å². The van der Waals surface area contributed by atoms with E-state index in [1.807, 2.05) is 56.3 Å². The number of nitrogens with one attached hydrogen (secondary N) is 1. The number of benzene rings is 2. The predicted octanol–water partition coefficient (Wildman–Crippen LogP) is 3.66. The smallest absolute Gasteiger partial charge is 0.237 e. The normalized spacial score (nSPS) is 11.9. The molecule has 1 heterocycles. The highest BCUT2D eigenvalue weighted by atomic mass is 32.2. The number of rotatable bonds is 7. The van der Waals surface area contributed by atoms with Crippen molar-refractivity contribution in [2.75, 3.05) is 12.4 Å². The van der Waals surface area contributed by atoms with Crippen LogP contribution in [0, 0.1) is 6.92 Å². The molecule has 0 fully saturated rings. The molecule has 1 atom stereocenters. The summed E-state index contributed by atoms with van der Waals surface area (Å²) in [5.41, 5.74) is 3.79. The third kappa shape index (κ3) is 4.51. The van der Waals surface area contributed by atoms with Gasteiger partial charge in [-0.25, -0.2) is 0 Å². The van der Waals surface area contributed by atoms with Crippen LogP contribution >= 0.6 is 11.8 Å². The molecule has 0 aliphatic heterocycles. The monoisotopic (exact) mass is 397 g/mol. The maximum Gasteiger partial charge on any atom is 0.237 e. The van der Waals surface area contributed by atoms with Gasteiger partial charge in [0.2, 0.25) is 11.1 Å². The molecule has 0 saturated heterocycles. The molecule has 0 saturated carbocycles. The number of anilines is 1. The van der Waals surface area contributed by atoms with Gasteiger partial charge in [-0.05, 0) is 66.1 Å². The number of thioether (sulfide) groups is 1. The molecule has 0 aliphatic rings. The van der Waals surface area contributed by atoms with Gasteiger partial charge in [0.1, 0.15) is 11.4 Å². The molecule has 28 heavy (non-hydrogen) atoms. The molecule has 0 radical (unpaired) electrons. The fourth-order valence-corrected chi connectivity index (χ4v) is 3.45. The first kappa shape index (κ1) is 19.9. The van der Waals surface area contributed by atoms with E-state index in [9.17, 15) is 4.79 Å². The van der Waals surface area contributed by atoms with Crippen LogP contribution in [0.3, 0.4) is 0 Å². The third-order valence-corrected chi connectivity index (χ3v) is 5.32. The van der Waals surface area contributed by atoms with Gasteiger partial charge in [0, 0.05) is 5.69 Å². The van der Waals surface area contributed by atoms with Crippen molar-refractivity contribution >= 4 is 23.4 Å². The Labute approximate surface area is 168 Å². The Morgan fingerprint density at radius 1 is 1.25 bits per heavy atom. The summed E-state index contributed by atoms with van der Waals surface area (Å²) in [7, 11) is 1.60. The van der Waals surface area contributed by atoms with E-state index in [1.165, 1.54) is 17.3 Å². The summed E-state index contributed by atoms with van der Waals surface area (Å²) in [5.74, 6) is 0.549. The summed E-state index contributed by atoms with van der Waals surface area (Å²) >= 11 is 1.29. The first-order valence-electron chi connectivity index (χ1n) is 9.01. The third-order valence-electron chi connectivity index (χ3n) is 4.28. The summed E-state index contributed by atoms with van der Waals surface area (Å²) < 4.78 is 7.02. The summed E-state index contributed by atoms with van der Waals surface area (Å²) in [6.45, 7) is 5.91. The number of tetrazole rings is 1. The zero-order chi connectivity index (χ0) is 20.1. The molecule has 0 aliphatic carbocycles. The summed E-state index contributed by atoms with van der Waals surface area (Å²) in [4.78, 5) is 12.6. The van der Waals surface area contributed by atoms with Gasteiger partial charge in [-0.1, -0.05) is 36.9 Å². The second kappa shape index (κ2) is 8.88. The van der Waals surface area contributed by atoms with E-state index >= 15 is 0 Å². The minimum Gasteiger partial charge on any atom is -0.494 e. The van der Waals surface area contributed by atoms with Crippen LogP contribution in [0.4, 0.5) is 5.69 Å². The summed E-state index contributed by atoms with van der Waals surface area (Å²) in [5, 5.41) is 15.0. The Morgan fingerprint density at radius 3 is 2.68 bits per heavy atom. The number of hydrogen-bond donors (Lipinski definition) is 1. The number of methoxy groups -OCH3 is 1. The molecule has 1 aromatic heterocycles. The maximum absolute atomic E-state index is 12.6. The van der Waals surface area contributed by atoms with Gasteiger partial charge in [0.15, 0.2) is 0 Å². The lowest BCUT2D eigenvalue weighted by Gasteiger charge is -2.13. The molecule has 1 N–H and O–H groups in total. The number of aryl methyl sites for hydroxylation is 2. The van der Waals surface area contributed by atoms with E-state index in [1.54, 1.807) is 11.8 Å². The van der Waals surface area contributed by atoms with Gasteiger partial charge in [-0.3, -0.25) is 4.79 Å². The van der Waals surface area contributed by atoms with E-state index in [-0.39, 0.29) is 11.2 Å². The molecule has 2 aromatic carbocycles. The quantitative estimate of drug-likeness (QED) is 0.613. The second-order valence-electron chi connectivity index (χ2n) is 6.35. The number of hydrogen-bond acceptors (Lipinski definition) is 6. The van der Waals surface area contributed by atoms with Crippen LogP contribution in [-0.4, -0.2) is 38.5 Å². The van der Waals surface area contributed by atoms with Gasteiger partial charge in [-0.2, -0.15) is 4.68 Å². The minimum absolute atomic E-state index is 0.111. The lowest BCUT2D eigenvalue weighted by atomic mass is 10.1. The Bertz CT molecular complexity index is 955. The molecular formula is C20H23N5O2S. The molecule has 7 nitrogen and oxygen atoms in total. The predicted molar refractivity (Wildman–Crippen MR) is 110 cm³/mol. The Morgan fingerprint density at radius 2 is 2.00 bits per heavy atom. The van der Waals surface area contributed by atoms with Crippen LogP contribution in [-0.2, 0) is 11.2 Å². The topological polar surface area (TPSA) is 81.9 Å². The molecule has 146 valence electrons. The van der Waals surface area contributed by atoms with E-state index in [4.69, 9.17) is 4.74 Å². The van der Waals surface area contributed by atoms with Gasteiger partial charge in [0.05, 0.1) is 12.4 Å². The average molecular weight is 398 g/mol. The van der Waals surface area contributed by atoms with Crippen LogP contribution in [0.5, 0.6) is 5.75 Å². The van der Waals surface area contributed by atoms with Crippen LogP contribution in [0.2, 0.25) is 0 Å². The van der Waals surface area contributed by atoms with E-state index < -0.39 is 0 Å². The molecular weight excluding hydrogens is 374 g/mol. The number of ether oxygens (including phenoxy) is 1. The number of carbonyl (C=O) groups is 1. The van der Waals surface area contributed by atoms with Crippen molar-refractivity contribution < 1.29 is 9.53 Å². The molecule has 0 bridgehead atoms. The number of carbonyl (C=O) groups excluding carboxylic acids is 1. The Balaban J connectivity index is 1.74. The highest BCUT2D eigenvalue weighted by Gasteiger charge is 2.21. The fraction of sp³-hybridized carbons (Fsp3) is 0.300. The van der Waals surface area contributed by atoms with E-state index in [0.29, 0.717) is 10.9 Å². The molecule has 8 heteroatoms. The van der Waals surface area contributed by atoms with Crippen molar-refractivity contribution in [2.24, 2.45) is 0 Å². The van der Waals surface area contributed by atoms with Crippen LogP contribution in [0.25, 0.3) is 5.69 Å². The Kier molecular flexibility index (Phi) is 6.30. The molecule has 3 aromatic rings. The van der Waals surface area contributed by atoms with Crippen molar-refractivity contribution in [3.05, 3.63) is 53.6 Å². The number of amides is 1. The van der Waals surface area contributed by atoms with Crippen molar-refractivity contribution in [1.29, 1.82) is 0 Å². The average Bonchev–Trinajstić information content (AvgIpc) is 3.16. The minimum atomic E-state index is -0.383. The maximum atomic E-state index is 12.6. The first-order valence-corrected chi connectivity index (χ1v) is 9.89. The van der Waals surface area contributed by atoms with Gasteiger partial charge < -0.3 is 10.1 Å². The van der Waals surface area contributed by atoms with Crippen LogP contribution in [0.15, 0.2) is 47.6 Å². The van der Waals surface area contributed by atoms with Crippen molar-refractivity contribution in [2.45, 2.75) is 37.6 Å². The van der Waals surface area contributed by atoms with Gasteiger partial charge in [0.25, 0.3) is 0 Å². The zero-order valence-corrected chi connectivity index (χ0v) is 17.2. The first-order chi connectivity index (χ1) is 13.5. The molecule has 3 rings (SSSR count). The standard InChI is InChI=1S/C20H23N5O2S/c1-5-15-7-9-16(10-8-15)21-19(26)14(3)28-20-22-23-24-25(20)17-12-13(2)6-11-18(17)27-4/h6-12,14H,5H2,1-4H3,(H,21,26)/t14-/m1/s1. The summed E-state index contributed by atoms with van der Waals surface area (Å²) in [6, 6.07) is 13.6. The van der Waals surface area contributed by atoms with Crippen molar-refractivity contribution in [3.8, 4) is 11.4 Å². The van der Waals surface area contributed by atoms with Gasteiger partial charge in [-0.15, -0.1) is 5.10 Å². The summed E-state index contributed by atoms with van der Waals surface area (Å²) in [6.07, 6.45) is 0.964. The second-order valence-corrected chi connectivity index (χ2v) is 7.66. The number of aromatic nitrogens is 4. The highest BCUT2D eigenvalue weighted by Crippen LogP contribution is 2.29. The SMILES string of the molecule is CCc1ccc(NC(=O)[C@@H](C)Sc2nnnn2-c2cc(C)ccc2OC)cc1. The lowest BCUT2D eigenvalue weighted by molar-refractivity contribution is -0.115. The Hall–Kier alpha value is -2.87. The van der Waals surface area contributed by atoms with E-state index in [2.05, 4.69) is 27.8 Å². The fourth-order valence-electron chi connectivity index (χ4n) is 2.65. The molecule has 0 spiro atoms. The van der Waals surface area contributed by atoms with Crippen LogP contribution in [0.1, 0.15) is 25.0 Å². The highest BCUT2D eigenvalue weighted by molar-refractivity contribution is 8.00. The molecule has 1 amide bonds. The largest absolute Gasteiger partial charge is 0.494 e. The van der Waals surface area contributed by atoms with Crippen LogP contribution < -0.4 is 10.1 Å². The number of nitrogens with zero attached hydrogens (tertiary/aromatic N) is 4. The van der Waals surface area contributed by atoms with Gasteiger partial charge >= 0.3 is 0 Å². The zero-order valence-electron chi connectivity index (χ0n) is 16.3. The van der Waals surface area contributed by atoms with Crippen molar-refractivity contribution in [1.82, 2.24) is 20.2 Å². The lowest BCUT2D eigenvalue weighted by Crippen LogP contribution is -2.23. The molecule has 0 unspecified atom stereocenters.